The molecule has 0 aliphatic heterocycles. The summed E-state index contributed by atoms with van der Waals surface area (Å²) in [6.45, 7) is 0. The van der Waals surface area contributed by atoms with Gasteiger partial charge >= 0.3 is 5.69 Å². The Balaban J connectivity index is 2.10. The first-order valence-electron chi connectivity index (χ1n) is 5.59. The first kappa shape index (κ1) is 13.2. The maximum Gasteiger partial charge on any atom is 0.313 e. The van der Waals surface area contributed by atoms with Gasteiger partial charge in [0.05, 0.1) is 22.8 Å². The van der Waals surface area contributed by atoms with Crippen LogP contribution in [0, 0.1) is 21.4 Å². The van der Waals surface area contributed by atoms with Crippen LogP contribution in [0.15, 0.2) is 47.7 Å². The summed E-state index contributed by atoms with van der Waals surface area (Å²) in [5, 5.41) is 23.3. The maximum absolute atomic E-state index is 10.8. The fourth-order valence-corrected chi connectivity index (χ4v) is 1.44. The van der Waals surface area contributed by atoms with Crippen LogP contribution in [-0.2, 0) is 0 Å². The van der Waals surface area contributed by atoms with Crippen LogP contribution < -0.4 is 5.43 Å². The fraction of sp³-hybridized carbons (Fsp3) is 0. The summed E-state index contributed by atoms with van der Waals surface area (Å²) in [5.74, 6) is 0.0717. The molecule has 20 heavy (non-hydrogen) atoms. The van der Waals surface area contributed by atoms with Crippen molar-refractivity contribution in [3.8, 4) is 6.07 Å². The van der Waals surface area contributed by atoms with E-state index in [1.165, 1.54) is 24.5 Å². The lowest BCUT2D eigenvalue weighted by Crippen LogP contribution is -1.98. The highest BCUT2D eigenvalue weighted by atomic mass is 16.6. The SMILES string of the molecule is N#Cc1ccc(/C=N\Nc2ncccc2[N+](=O)[O-])cc1. The molecule has 1 aromatic heterocycles. The van der Waals surface area contributed by atoms with Crippen LogP contribution in [0.1, 0.15) is 11.1 Å². The first-order chi connectivity index (χ1) is 9.70. The number of hydrogen-bond acceptors (Lipinski definition) is 6. The Morgan fingerprint density at radius 1 is 1.35 bits per heavy atom. The van der Waals surface area contributed by atoms with Gasteiger partial charge in [-0.15, -0.1) is 0 Å². The average Bonchev–Trinajstić information content (AvgIpc) is 2.48. The lowest BCUT2D eigenvalue weighted by atomic mass is 10.2. The van der Waals surface area contributed by atoms with Crippen molar-refractivity contribution in [2.24, 2.45) is 5.10 Å². The molecule has 0 saturated carbocycles. The third kappa shape index (κ3) is 3.14. The lowest BCUT2D eigenvalue weighted by Gasteiger charge is -1.99. The molecular weight excluding hydrogens is 258 g/mol. The van der Waals surface area contributed by atoms with Gasteiger partial charge in [0.15, 0.2) is 0 Å². The van der Waals surface area contributed by atoms with Crippen molar-refractivity contribution >= 4 is 17.7 Å². The molecule has 0 atom stereocenters. The van der Waals surface area contributed by atoms with Crippen molar-refractivity contribution in [1.29, 1.82) is 5.26 Å². The molecule has 7 nitrogen and oxygen atoms in total. The Labute approximate surface area is 114 Å². The molecule has 0 aliphatic carbocycles. The van der Waals surface area contributed by atoms with E-state index in [1.54, 1.807) is 24.3 Å². The zero-order chi connectivity index (χ0) is 14.4. The number of hydrazone groups is 1. The number of pyridine rings is 1. The molecule has 0 aliphatic rings. The van der Waals surface area contributed by atoms with Gasteiger partial charge in [-0.05, 0) is 23.8 Å². The monoisotopic (exact) mass is 267 g/mol. The highest BCUT2D eigenvalue weighted by molar-refractivity contribution is 5.80. The van der Waals surface area contributed by atoms with E-state index in [0.29, 0.717) is 5.56 Å². The van der Waals surface area contributed by atoms with Crippen LogP contribution in [0.2, 0.25) is 0 Å². The largest absolute Gasteiger partial charge is 0.313 e. The van der Waals surface area contributed by atoms with E-state index >= 15 is 0 Å². The van der Waals surface area contributed by atoms with E-state index in [1.807, 2.05) is 6.07 Å². The van der Waals surface area contributed by atoms with Gasteiger partial charge in [-0.2, -0.15) is 10.4 Å². The molecule has 1 N–H and O–H groups in total. The highest BCUT2D eigenvalue weighted by Crippen LogP contribution is 2.19. The van der Waals surface area contributed by atoms with Gasteiger partial charge in [0, 0.05) is 12.3 Å². The summed E-state index contributed by atoms with van der Waals surface area (Å²) in [6.07, 6.45) is 2.92. The number of nitrogens with zero attached hydrogens (tertiary/aromatic N) is 4. The van der Waals surface area contributed by atoms with Crippen molar-refractivity contribution in [1.82, 2.24) is 4.98 Å². The van der Waals surface area contributed by atoms with Crippen LogP contribution in [0.4, 0.5) is 11.5 Å². The molecule has 7 heteroatoms. The molecule has 1 aromatic carbocycles. The van der Waals surface area contributed by atoms with E-state index in [4.69, 9.17) is 5.26 Å². The Morgan fingerprint density at radius 2 is 2.10 bits per heavy atom. The van der Waals surface area contributed by atoms with Crippen molar-refractivity contribution in [3.05, 3.63) is 63.8 Å². The molecule has 2 rings (SSSR count). The number of nitrogens with one attached hydrogen (secondary N) is 1. The molecule has 0 unspecified atom stereocenters. The van der Waals surface area contributed by atoms with Crippen molar-refractivity contribution in [2.75, 3.05) is 5.43 Å². The molecule has 0 radical (unpaired) electrons. The third-order valence-corrected chi connectivity index (χ3v) is 2.41. The predicted molar refractivity (Wildman–Crippen MR) is 73.3 cm³/mol. The van der Waals surface area contributed by atoms with Crippen LogP contribution >= 0.6 is 0 Å². The first-order valence-corrected chi connectivity index (χ1v) is 5.59. The van der Waals surface area contributed by atoms with E-state index in [-0.39, 0.29) is 11.5 Å². The van der Waals surface area contributed by atoms with Crippen molar-refractivity contribution in [2.45, 2.75) is 0 Å². The molecule has 0 spiro atoms. The molecule has 2 aromatic rings. The average molecular weight is 267 g/mol. The third-order valence-electron chi connectivity index (χ3n) is 2.41. The zero-order valence-corrected chi connectivity index (χ0v) is 10.2. The summed E-state index contributed by atoms with van der Waals surface area (Å²) in [4.78, 5) is 14.1. The van der Waals surface area contributed by atoms with Crippen molar-refractivity contribution in [3.63, 3.8) is 0 Å². The topological polar surface area (TPSA) is 104 Å². The van der Waals surface area contributed by atoms with Gasteiger partial charge in [-0.3, -0.25) is 15.5 Å². The van der Waals surface area contributed by atoms with Gasteiger partial charge in [0.2, 0.25) is 5.82 Å². The van der Waals surface area contributed by atoms with Crippen LogP contribution in [0.3, 0.4) is 0 Å². The Hall–Kier alpha value is -3.27. The Morgan fingerprint density at radius 3 is 2.75 bits per heavy atom. The predicted octanol–water partition coefficient (Wildman–Crippen LogP) is 2.31. The number of rotatable bonds is 4. The normalized spacial score (nSPS) is 10.2. The fourth-order valence-electron chi connectivity index (χ4n) is 1.44. The minimum Gasteiger partial charge on any atom is -0.258 e. The molecule has 1 heterocycles. The van der Waals surface area contributed by atoms with Gasteiger partial charge in [-0.1, -0.05) is 12.1 Å². The van der Waals surface area contributed by atoms with E-state index in [2.05, 4.69) is 15.5 Å². The van der Waals surface area contributed by atoms with Crippen molar-refractivity contribution < 1.29 is 4.92 Å². The highest BCUT2D eigenvalue weighted by Gasteiger charge is 2.12. The number of hydrogen-bond donors (Lipinski definition) is 1. The quantitative estimate of drug-likeness (QED) is 0.520. The molecule has 0 bridgehead atoms. The lowest BCUT2D eigenvalue weighted by molar-refractivity contribution is -0.384. The standard InChI is InChI=1S/C13H9N5O2/c14-8-10-3-5-11(6-4-10)9-16-17-13-12(18(19)20)2-1-7-15-13/h1-7,9H,(H,15,17)/b16-9-. The molecular formula is C13H9N5O2. The summed E-state index contributed by atoms with van der Waals surface area (Å²) >= 11 is 0. The van der Waals surface area contributed by atoms with Gasteiger partial charge in [0.25, 0.3) is 0 Å². The van der Waals surface area contributed by atoms with Gasteiger partial charge in [-0.25, -0.2) is 4.98 Å². The maximum atomic E-state index is 10.8. The molecule has 0 amide bonds. The minimum atomic E-state index is -0.535. The van der Waals surface area contributed by atoms with Crippen LogP contribution in [0.5, 0.6) is 0 Å². The van der Waals surface area contributed by atoms with E-state index < -0.39 is 4.92 Å². The second-order valence-corrected chi connectivity index (χ2v) is 3.73. The second kappa shape index (κ2) is 6.06. The van der Waals surface area contributed by atoms with Crippen LogP contribution in [-0.4, -0.2) is 16.1 Å². The summed E-state index contributed by atoms with van der Waals surface area (Å²) in [7, 11) is 0. The van der Waals surface area contributed by atoms with Gasteiger partial charge < -0.3 is 0 Å². The second-order valence-electron chi connectivity index (χ2n) is 3.73. The number of nitro groups is 1. The Bertz CT molecular complexity index is 689. The smallest absolute Gasteiger partial charge is 0.258 e. The molecule has 98 valence electrons. The number of anilines is 1. The molecule has 0 fully saturated rings. The number of nitriles is 1. The minimum absolute atomic E-state index is 0.0717. The Kier molecular flexibility index (Phi) is 3.99. The van der Waals surface area contributed by atoms with E-state index in [0.717, 1.165) is 5.56 Å². The summed E-state index contributed by atoms with van der Waals surface area (Å²) < 4.78 is 0. The number of aromatic nitrogens is 1. The van der Waals surface area contributed by atoms with Gasteiger partial charge in [0.1, 0.15) is 0 Å². The summed E-state index contributed by atoms with van der Waals surface area (Å²) in [5.41, 5.74) is 3.69. The van der Waals surface area contributed by atoms with Crippen LogP contribution in [0.25, 0.3) is 0 Å². The van der Waals surface area contributed by atoms with E-state index in [9.17, 15) is 10.1 Å². The summed E-state index contributed by atoms with van der Waals surface area (Å²) in [6, 6.07) is 11.6. The zero-order valence-electron chi connectivity index (χ0n) is 10.2. The number of benzene rings is 1. The molecule has 0 saturated heterocycles.